The average molecular weight is 258 g/mol. The molecular formula is C13H14N4S. The summed E-state index contributed by atoms with van der Waals surface area (Å²) in [4.78, 5) is 3.48. The summed E-state index contributed by atoms with van der Waals surface area (Å²) in [6.45, 7) is 0.863. The van der Waals surface area contributed by atoms with Gasteiger partial charge in [0.15, 0.2) is 0 Å². The normalized spacial score (nSPS) is 10.9. The van der Waals surface area contributed by atoms with Gasteiger partial charge in [-0.1, -0.05) is 6.07 Å². The van der Waals surface area contributed by atoms with Crippen LogP contribution in [-0.2, 0) is 6.54 Å². The molecule has 0 fully saturated rings. The second-order valence-corrected chi connectivity index (χ2v) is 5.34. The van der Waals surface area contributed by atoms with Crippen LogP contribution in [0.4, 0.5) is 11.4 Å². The van der Waals surface area contributed by atoms with E-state index >= 15 is 0 Å². The minimum absolute atomic E-state index is 0.781. The van der Waals surface area contributed by atoms with Gasteiger partial charge in [-0.25, -0.2) is 0 Å². The first-order valence-corrected chi connectivity index (χ1v) is 6.58. The van der Waals surface area contributed by atoms with Gasteiger partial charge in [0.1, 0.15) is 0 Å². The second-order valence-electron chi connectivity index (χ2n) is 4.30. The van der Waals surface area contributed by atoms with Crippen molar-refractivity contribution < 1.29 is 0 Å². The molecule has 0 aliphatic carbocycles. The predicted molar refractivity (Wildman–Crippen MR) is 76.9 cm³/mol. The summed E-state index contributed by atoms with van der Waals surface area (Å²) in [6, 6.07) is 8.20. The number of thiophene rings is 1. The van der Waals surface area contributed by atoms with E-state index in [1.54, 1.807) is 17.5 Å². The minimum Gasteiger partial charge on any atom is -0.397 e. The standard InChI is InChI=1S/C13H14N4S/c1-17(8-10-3-2-4-18-10)13-6-12-9(5-11(13)14)7-15-16-12/h2-7H,8,14H2,1H3,(H,15,16). The molecule has 0 atom stereocenters. The molecule has 5 heteroatoms. The lowest BCUT2D eigenvalue weighted by Crippen LogP contribution is -2.17. The number of benzene rings is 1. The minimum atomic E-state index is 0.781. The van der Waals surface area contributed by atoms with Crippen LogP contribution >= 0.6 is 11.3 Å². The summed E-state index contributed by atoms with van der Waals surface area (Å²) in [5, 5.41) is 10.1. The lowest BCUT2D eigenvalue weighted by molar-refractivity contribution is 0.943. The molecule has 3 aromatic rings. The molecule has 1 aromatic carbocycles. The Morgan fingerprint density at radius 3 is 3.11 bits per heavy atom. The van der Waals surface area contributed by atoms with Crippen molar-refractivity contribution in [2.45, 2.75) is 6.54 Å². The number of hydrogen-bond donors (Lipinski definition) is 2. The predicted octanol–water partition coefficient (Wildman–Crippen LogP) is 2.84. The topological polar surface area (TPSA) is 57.9 Å². The summed E-state index contributed by atoms with van der Waals surface area (Å²) in [7, 11) is 2.05. The van der Waals surface area contributed by atoms with Gasteiger partial charge < -0.3 is 10.6 Å². The number of H-pyrrole nitrogens is 1. The maximum Gasteiger partial charge on any atom is 0.0672 e. The smallest absolute Gasteiger partial charge is 0.0672 e. The first-order chi connectivity index (χ1) is 8.74. The molecule has 0 saturated heterocycles. The first-order valence-electron chi connectivity index (χ1n) is 5.70. The second kappa shape index (κ2) is 4.34. The molecule has 0 unspecified atom stereocenters. The van der Waals surface area contributed by atoms with Gasteiger partial charge in [0.25, 0.3) is 0 Å². The van der Waals surface area contributed by atoms with Crippen LogP contribution in [0.25, 0.3) is 10.9 Å². The zero-order valence-electron chi connectivity index (χ0n) is 10.1. The number of hydrogen-bond acceptors (Lipinski definition) is 4. The zero-order chi connectivity index (χ0) is 12.5. The molecule has 2 aromatic heterocycles. The third kappa shape index (κ3) is 1.93. The van der Waals surface area contributed by atoms with Crippen molar-refractivity contribution in [3.8, 4) is 0 Å². The van der Waals surface area contributed by atoms with E-state index in [0.717, 1.165) is 28.8 Å². The molecule has 0 aliphatic rings. The molecule has 0 spiro atoms. The fourth-order valence-electron chi connectivity index (χ4n) is 2.05. The molecule has 0 radical (unpaired) electrons. The number of rotatable bonds is 3. The van der Waals surface area contributed by atoms with Gasteiger partial charge in [-0.2, -0.15) is 5.10 Å². The van der Waals surface area contributed by atoms with Crippen molar-refractivity contribution in [1.29, 1.82) is 0 Å². The maximum atomic E-state index is 6.10. The van der Waals surface area contributed by atoms with Crippen molar-refractivity contribution in [3.63, 3.8) is 0 Å². The highest BCUT2D eigenvalue weighted by Crippen LogP contribution is 2.28. The zero-order valence-corrected chi connectivity index (χ0v) is 10.9. The lowest BCUT2D eigenvalue weighted by atomic mass is 10.2. The molecule has 3 N–H and O–H groups in total. The Kier molecular flexibility index (Phi) is 2.68. The molecule has 92 valence electrons. The van der Waals surface area contributed by atoms with E-state index in [1.165, 1.54) is 4.88 Å². The van der Waals surface area contributed by atoms with Crippen LogP contribution in [0.15, 0.2) is 35.8 Å². The van der Waals surface area contributed by atoms with E-state index in [1.807, 2.05) is 19.2 Å². The summed E-state index contributed by atoms with van der Waals surface area (Å²) < 4.78 is 0. The number of nitrogens with two attached hydrogens (primary N) is 1. The quantitative estimate of drug-likeness (QED) is 0.710. The van der Waals surface area contributed by atoms with Crippen LogP contribution in [0.3, 0.4) is 0 Å². The van der Waals surface area contributed by atoms with Gasteiger partial charge in [-0.15, -0.1) is 11.3 Å². The van der Waals surface area contributed by atoms with Crippen molar-refractivity contribution in [1.82, 2.24) is 10.2 Å². The molecule has 0 aliphatic heterocycles. The van der Waals surface area contributed by atoms with Crippen LogP contribution in [0.2, 0.25) is 0 Å². The summed E-state index contributed by atoms with van der Waals surface area (Å²) >= 11 is 1.75. The Morgan fingerprint density at radius 1 is 1.44 bits per heavy atom. The summed E-state index contributed by atoms with van der Waals surface area (Å²) in [5.41, 5.74) is 8.92. The Bertz CT molecular complexity index is 657. The van der Waals surface area contributed by atoms with Crippen LogP contribution in [0.1, 0.15) is 4.88 Å². The third-order valence-electron chi connectivity index (χ3n) is 2.97. The van der Waals surface area contributed by atoms with Crippen molar-refractivity contribution in [2.24, 2.45) is 0 Å². The molecule has 0 amide bonds. The Hall–Kier alpha value is -2.01. The van der Waals surface area contributed by atoms with Crippen LogP contribution < -0.4 is 10.6 Å². The highest BCUT2D eigenvalue weighted by Gasteiger charge is 2.09. The molecule has 4 nitrogen and oxygen atoms in total. The van der Waals surface area contributed by atoms with Gasteiger partial charge in [0.2, 0.25) is 0 Å². The molecule has 2 heterocycles. The molecule has 0 saturated carbocycles. The van der Waals surface area contributed by atoms with Crippen molar-refractivity contribution >= 4 is 33.6 Å². The Balaban J connectivity index is 1.94. The van der Waals surface area contributed by atoms with Gasteiger partial charge in [0, 0.05) is 17.3 Å². The monoisotopic (exact) mass is 258 g/mol. The molecule has 0 bridgehead atoms. The van der Waals surface area contributed by atoms with Crippen molar-refractivity contribution in [3.05, 3.63) is 40.7 Å². The van der Waals surface area contributed by atoms with Gasteiger partial charge in [0.05, 0.1) is 29.6 Å². The van der Waals surface area contributed by atoms with Crippen LogP contribution in [-0.4, -0.2) is 17.2 Å². The number of nitrogens with one attached hydrogen (secondary N) is 1. The Morgan fingerprint density at radius 2 is 2.33 bits per heavy atom. The van der Waals surface area contributed by atoms with E-state index < -0.39 is 0 Å². The number of anilines is 2. The van der Waals surface area contributed by atoms with Crippen LogP contribution in [0.5, 0.6) is 0 Å². The highest BCUT2D eigenvalue weighted by molar-refractivity contribution is 7.09. The van der Waals surface area contributed by atoms with Crippen molar-refractivity contribution in [2.75, 3.05) is 17.7 Å². The largest absolute Gasteiger partial charge is 0.397 e. The van der Waals surface area contributed by atoms with Crippen LogP contribution in [0, 0.1) is 0 Å². The fourth-order valence-corrected chi connectivity index (χ4v) is 2.81. The maximum absolute atomic E-state index is 6.10. The number of nitrogens with zero attached hydrogens (tertiary/aromatic N) is 2. The average Bonchev–Trinajstić information content (AvgIpc) is 2.98. The highest BCUT2D eigenvalue weighted by atomic mass is 32.1. The summed E-state index contributed by atoms with van der Waals surface area (Å²) in [5.74, 6) is 0. The number of aromatic nitrogens is 2. The Labute approximate surface area is 109 Å². The lowest BCUT2D eigenvalue weighted by Gasteiger charge is -2.20. The number of aromatic amines is 1. The molecule has 3 rings (SSSR count). The number of nitrogen functional groups attached to an aromatic ring is 1. The summed E-state index contributed by atoms with van der Waals surface area (Å²) in [6.07, 6.45) is 1.79. The van der Waals surface area contributed by atoms with E-state index in [2.05, 4.69) is 32.6 Å². The van der Waals surface area contributed by atoms with E-state index in [9.17, 15) is 0 Å². The SMILES string of the molecule is CN(Cc1cccs1)c1cc2[nH]ncc2cc1N. The molecular weight excluding hydrogens is 244 g/mol. The number of fused-ring (bicyclic) bond motifs is 1. The van der Waals surface area contributed by atoms with E-state index in [0.29, 0.717) is 0 Å². The van der Waals surface area contributed by atoms with Gasteiger partial charge in [-0.3, -0.25) is 5.10 Å². The first kappa shape index (κ1) is 11.1. The van der Waals surface area contributed by atoms with Gasteiger partial charge in [-0.05, 0) is 23.6 Å². The fraction of sp³-hybridized carbons (Fsp3) is 0.154. The molecule has 18 heavy (non-hydrogen) atoms. The van der Waals surface area contributed by atoms with E-state index in [-0.39, 0.29) is 0 Å². The third-order valence-corrected chi connectivity index (χ3v) is 3.83. The van der Waals surface area contributed by atoms with Gasteiger partial charge >= 0.3 is 0 Å². The van der Waals surface area contributed by atoms with E-state index in [4.69, 9.17) is 5.73 Å².